The molecular formula is C18H16FN3O. The fraction of sp³-hybridized carbons (Fsp3) is 0.222. The molecule has 4 rings (SSSR count). The van der Waals surface area contributed by atoms with Crippen molar-refractivity contribution in [1.82, 2.24) is 9.55 Å². The van der Waals surface area contributed by atoms with Gasteiger partial charge in [-0.25, -0.2) is 9.37 Å². The highest BCUT2D eigenvalue weighted by Crippen LogP contribution is 2.40. The van der Waals surface area contributed by atoms with Crippen molar-refractivity contribution in [2.24, 2.45) is 0 Å². The summed E-state index contributed by atoms with van der Waals surface area (Å²) in [6, 6.07) is 14.0. The molecule has 1 heterocycles. The number of benzene rings is 2. The normalized spacial score (nSPS) is 14.1. The third kappa shape index (κ3) is 2.70. The minimum Gasteiger partial charge on any atom is -0.322 e. The quantitative estimate of drug-likeness (QED) is 0.799. The molecule has 1 aliphatic carbocycles. The van der Waals surface area contributed by atoms with Crippen LogP contribution in [0.2, 0.25) is 0 Å². The molecule has 0 unspecified atom stereocenters. The fourth-order valence-corrected chi connectivity index (χ4v) is 2.81. The van der Waals surface area contributed by atoms with Gasteiger partial charge >= 0.3 is 0 Å². The number of nitrogens with zero attached hydrogens (tertiary/aromatic N) is 2. The summed E-state index contributed by atoms with van der Waals surface area (Å²) in [7, 11) is 0. The van der Waals surface area contributed by atoms with E-state index in [1.165, 1.54) is 6.07 Å². The van der Waals surface area contributed by atoms with Crippen molar-refractivity contribution in [3.63, 3.8) is 0 Å². The highest BCUT2D eigenvalue weighted by molar-refractivity contribution is 5.91. The second kappa shape index (κ2) is 5.50. The van der Waals surface area contributed by atoms with Crippen molar-refractivity contribution >= 4 is 22.6 Å². The Bertz CT molecular complexity index is 883. The average molecular weight is 309 g/mol. The van der Waals surface area contributed by atoms with Gasteiger partial charge in [-0.15, -0.1) is 0 Å². The highest BCUT2D eigenvalue weighted by atomic mass is 19.1. The van der Waals surface area contributed by atoms with Crippen LogP contribution in [0.5, 0.6) is 0 Å². The van der Waals surface area contributed by atoms with Gasteiger partial charge in [-0.3, -0.25) is 4.79 Å². The molecule has 1 saturated carbocycles. The number of imidazole rings is 1. The molecule has 0 spiro atoms. The van der Waals surface area contributed by atoms with E-state index in [-0.39, 0.29) is 18.1 Å². The number of carbonyl (C=O) groups is 1. The van der Waals surface area contributed by atoms with Crippen LogP contribution in [0.1, 0.15) is 24.6 Å². The van der Waals surface area contributed by atoms with Crippen LogP contribution in [-0.4, -0.2) is 15.5 Å². The molecule has 1 N–H and O–H groups in total. The number of aromatic nitrogens is 2. The second-order valence-corrected chi connectivity index (χ2v) is 5.85. The molecule has 1 aliphatic rings. The van der Waals surface area contributed by atoms with E-state index >= 15 is 0 Å². The lowest BCUT2D eigenvalue weighted by Gasteiger charge is -2.10. The van der Waals surface area contributed by atoms with E-state index in [0.717, 1.165) is 29.7 Å². The zero-order valence-corrected chi connectivity index (χ0v) is 12.5. The first-order valence-electron chi connectivity index (χ1n) is 7.72. The van der Waals surface area contributed by atoms with Crippen LogP contribution >= 0.6 is 0 Å². The number of hydrogen-bond donors (Lipinski definition) is 1. The van der Waals surface area contributed by atoms with Gasteiger partial charge in [-0.1, -0.05) is 24.3 Å². The van der Waals surface area contributed by atoms with Gasteiger partial charge in [0.2, 0.25) is 5.91 Å². The minimum atomic E-state index is -0.432. The Morgan fingerprint density at radius 2 is 1.91 bits per heavy atom. The molecule has 5 heteroatoms. The molecule has 0 bridgehead atoms. The SMILES string of the molecule is O=C(Cn1c(C2CC2)nc2ccccc21)Nc1ccccc1F. The number of rotatable bonds is 4. The number of fused-ring (bicyclic) bond motifs is 1. The Kier molecular flexibility index (Phi) is 3.33. The molecule has 3 aromatic rings. The molecule has 0 aliphatic heterocycles. The van der Waals surface area contributed by atoms with Crippen LogP contribution in [0.15, 0.2) is 48.5 Å². The Hall–Kier alpha value is -2.69. The van der Waals surface area contributed by atoms with Gasteiger partial charge in [0.1, 0.15) is 18.2 Å². The molecule has 1 fully saturated rings. The number of hydrogen-bond acceptors (Lipinski definition) is 2. The molecule has 0 atom stereocenters. The predicted molar refractivity (Wildman–Crippen MR) is 86.7 cm³/mol. The highest BCUT2D eigenvalue weighted by Gasteiger charge is 2.30. The van der Waals surface area contributed by atoms with Gasteiger partial charge in [-0.05, 0) is 37.1 Å². The number of anilines is 1. The van der Waals surface area contributed by atoms with Crippen LogP contribution in [0.3, 0.4) is 0 Å². The second-order valence-electron chi connectivity index (χ2n) is 5.85. The molecule has 116 valence electrons. The smallest absolute Gasteiger partial charge is 0.244 e. The third-order valence-electron chi connectivity index (χ3n) is 4.08. The van der Waals surface area contributed by atoms with Crippen molar-refractivity contribution in [2.75, 3.05) is 5.32 Å². The van der Waals surface area contributed by atoms with Gasteiger partial charge < -0.3 is 9.88 Å². The van der Waals surface area contributed by atoms with Crippen molar-refractivity contribution in [1.29, 1.82) is 0 Å². The topological polar surface area (TPSA) is 46.9 Å². The van der Waals surface area contributed by atoms with Crippen molar-refractivity contribution in [3.05, 3.63) is 60.2 Å². The summed E-state index contributed by atoms with van der Waals surface area (Å²) in [6.45, 7) is 0.140. The van der Waals surface area contributed by atoms with Gasteiger partial charge in [0.25, 0.3) is 0 Å². The molecule has 1 aromatic heterocycles. The largest absolute Gasteiger partial charge is 0.322 e. The Balaban J connectivity index is 1.63. The summed E-state index contributed by atoms with van der Waals surface area (Å²) in [5.74, 6) is 0.706. The summed E-state index contributed by atoms with van der Waals surface area (Å²) < 4.78 is 15.6. The molecule has 2 aromatic carbocycles. The predicted octanol–water partition coefficient (Wildman–Crippen LogP) is 3.69. The first kappa shape index (κ1) is 13.9. The van der Waals surface area contributed by atoms with Crippen molar-refractivity contribution in [3.8, 4) is 0 Å². The number of nitrogens with one attached hydrogen (secondary N) is 1. The average Bonchev–Trinajstić information content (AvgIpc) is 3.33. The first-order valence-corrected chi connectivity index (χ1v) is 7.72. The summed E-state index contributed by atoms with van der Waals surface area (Å²) in [5, 5.41) is 2.64. The fourth-order valence-electron chi connectivity index (χ4n) is 2.81. The van der Waals surface area contributed by atoms with Gasteiger partial charge in [0, 0.05) is 5.92 Å². The first-order chi connectivity index (χ1) is 11.2. The van der Waals surface area contributed by atoms with Crippen LogP contribution in [0.4, 0.5) is 10.1 Å². The number of carbonyl (C=O) groups excluding carboxylic acids is 1. The minimum absolute atomic E-state index is 0.140. The van der Waals surface area contributed by atoms with Crippen LogP contribution in [0.25, 0.3) is 11.0 Å². The van der Waals surface area contributed by atoms with E-state index in [1.807, 2.05) is 28.8 Å². The molecule has 4 nitrogen and oxygen atoms in total. The maximum atomic E-state index is 13.7. The number of halogens is 1. The van der Waals surface area contributed by atoms with Gasteiger partial charge in [0.15, 0.2) is 0 Å². The molecular weight excluding hydrogens is 293 g/mol. The Labute approximate surface area is 133 Å². The van der Waals surface area contributed by atoms with Gasteiger partial charge in [0.05, 0.1) is 16.7 Å². The summed E-state index contributed by atoms with van der Waals surface area (Å²) in [4.78, 5) is 17.0. The van der Waals surface area contributed by atoms with E-state index < -0.39 is 5.82 Å². The zero-order chi connectivity index (χ0) is 15.8. The van der Waals surface area contributed by atoms with E-state index in [4.69, 9.17) is 0 Å². The van der Waals surface area contributed by atoms with Crippen LogP contribution in [0, 0.1) is 5.82 Å². The van der Waals surface area contributed by atoms with E-state index in [2.05, 4.69) is 10.3 Å². The maximum Gasteiger partial charge on any atom is 0.244 e. The van der Waals surface area contributed by atoms with Crippen LogP contribution < -0.4 is 5.32 Å². The maximum absolute atomic E-state index is 13.7. The van der Waals surface area contributed by atoms with E-state index in [0.29, 0.717) is 5.92 Å². The number of amides is 1. The summed E-state index contributed by atoms with van der Waals surface area (Å²) >= 11 is 0. The number of para-hydroxylation sites is 3. The monoisotopic (exact) mass is 309 g/mol. The summed E-state index contributed by atoms with van der Waals surface area (Å²) in [5.41, 5.74) is 2.04. The Morgan fingerprint density at radius 1 is 1.17 bits per heavy atom. The van der Waals surface area contributed by atoms with Gasteiger partial charge in [-0.2, -0.15) is 0 Å². The lowest BCUT2D eigenvalue weighted by molar-refractivity contribution is -0.116. The molecule has 23 heavy (non-hydrogen) atoms. The Morgan fingerprint density at radius 3 is 2.70 bits per heavy atom. The van der Waals surface area contributed by atoms with Crippen LogP contribution in [-0.2, 0) is 11.3 Å². The molecule has 1 amide bonds. The standard InChI is InChI=1S/C18H16FN3O/c19-13-5-1-2-6-14(13)20-17(23)11-22-16-8-4-3-7-15(16)21-18(22)12-9-10-12/h1-8,12H,9-11H2,(H,20,23). The van der Waals surface area contributed by atoms with E-state index in [9.17, 15) is 9.18 Å². The molecule has 0 radical (unpaired) electrons. The van der Waals surface area contributed by atoms with Crippen molar-refractivity contribution < 1.29 is 9.18 Å². The lowest BCUT2D eigenvalue weighted by Crippen LogP contribution is -2.20. The van der Waals surface area contributed by atoms with Crippen molar-refractivity contribution in [2.45, 2.75) is 25.3 Å². The van der Waals surface area contributed by atoms with E-state index in [1.54, 1.807) is 18.2 Å². The third-order valence-corrected chi connectivity index (χ3v) is 4.08. The lowest BCUT2D eigenvalue weighted by atomic mass is 10.3. The zero-order valence-electron chi connectivity index (χ0n) is 12.5. The summed E-state index contributed by atoms with van der Waals surface area (Å²) in [6.07, 6.45) is 2.22. The molecule has 0 saturated heterocycles.